The summed E-state index contributed by atoms with van der Waals surface area (Å²) in [4.78, 5) is 24.1. The molecule has 1 aliphatic carbocycles. The monoisotopic (exact) mass is 451 g/mol. The molecule has 178 valence electrons. The van der Waals surface area contributed by atoms with Gasteiger partial charge in [0.2, 0.25) is 11.8 Å². The summed E-state index contributed by atoms with van der Waals surface area (Å²) in [5, 5.41) is 9.03. The Kier molecular flexibility index (Phi) is 8.89. The van der Waals surface area contributed by atoms with E-state index < -0.39 is 0 Å². The number of methoxy groups -OCH3 is 1. The Balaban J connectivity index is 1.63. The molecule has 1 atom stereocenters. The molecule has 6 heteroatoms. The highest BCUT2D eigenvalue weighted by atomic mass is 16.5. The molecule has 1 aliphatic rings. The summed E-state index contributed by atoms with van der Waals surface area (Å²) in [5.41, 5.74) is 3.76. The molecule has 0 spiro atoms. The zero-order chi connectivity index (χ0) is 23.8. The average Bonchev–Trinajstić information content (AvgIpc) is 2.80. The summed E-state index contributed by atoms with van der Waals surface area (Å²) in [6.45, 7) is 5.93. The van der Waals surface area contributed by atoms with Crippen LogP contribution in [0.2, 0.25) is 0 Å². The molecule has 1 unspecified atom stereocenters. The van der Waals surface area contributed by atoms with E-state index in [4.69, 9.17) is 4.74 Å². The number of carbonyl (C=O) groups is 2. The molecule has 3 N–H and O–H groups in total. The van der Waals surface area contributed by atoms with Crippen molar-refractivity contribution in [3.05, 3.63) is 53.6 Å². The summed E-state index contributed by atoms with van der Waals surface area (Å²) in [6, 6.07) is 14.2. The zero-order valence-corrected chi connectivity index (χ0v) is 20.2. The topological polar surface area (TPSA) is 79.5 Å². The van der Waals surface area contributed by atoms with E-state index in [2.05, 4.69) is 54.1 Å². The van der Waals surface area contributed by atoms with Crippen molar-refractivity contribution in [2.75, 3.05) is 24.3 Å². The number of amides is 2. The lowest BCUT2D eigenvalue weighted by atomic mass is 9.83. The quantitative estimate of drug-likeness (QED) is 0.462. The van der Waals surface area contributed by atoms with Gasteiger partial charge in [-0.15, -0.1) is 0 Å². The third kappa shape index (κ3) is 7.06. The molecule has 33 heavy (non-hydrogen) atoms. The molecule has 2 amide bonds. The van der Waals surface area contributed by atoms with E-state index in [1.165, 1.54) is 50.2 Å². The molecule has 1 saturated carbocycles. The molecular weight excluding hydrogens is 414 g/mol. The Hall–Kier alpha value is -2.86. The minimum atomic E-state index is -0.173. The summed E-state index contributed by atoms with van der Waals surface area (Å²) in [6.07, 6.45) is 6.60. The molecule has 2 aromatic rings. The molecule has 3 rings (SSSR count). The van der Waals surface area contributed by atoms with Gasteiger partial charge >= 0.3 is 0 Å². The van der Waals surface area contributed by atoms with Crippen molar-refractivity contribution in [1.29, 1.82) is 0 Å². The molecular formula is C27H37N3O3. The Morgan fingerprint density at radius 1 is 1.00 bits per heavy atom. The van der Waals surface area contributed by atoms with Crippen LogP contribution in [0, 0.1) is 5.92 Å². The van der Waals surface area contributed by atoms with E-state index in [9.17, 15) is 9.59 Å². The van der Waals surface area contributed by atoms with Crippen LogP contribution in [0.15, 0.2) is 42.5 Å². The molecule has 0 heterocycles. The van der Waals surface area contributed by atoms with Gasteiger partial charge in [-0.05, 0) is 54.0 Å². The molecule has 2 aromatic carbocycles. The highest BCUT2D eigenvalue weighted by Crippen LogP contribution is 2.33. The van der Waals surface area contributed by atoms with Gasteiger partial charge in [-0.2, -0.15) is 0 Å². The van der Waals surface area contributed by atoms with Crippen LogP contribution in [0.3, 0.4) is 0 Å². The van der Waals surface area contributed by atoms with Gasteiger partial charge in [-0.1, -0.05) is 57.4 Å². The van der Waals surface area contributed by atoms with Crippen LogP contribution in [-0.2, 0) is 9.59 Å². The number of anilines is 2. The smallest absolute Gasteiger partial charge is 0.238 e. The third-order valence-electron chi connectivity index (χ3n) is 6.32. The molecule has 0 bridgehead atoms. The number of hydrogen-bond donors (Lipinski definition) is 3. The number of carbonyl (C=O) groups excluding carboxylic acids is 2. The molecule has 0 aliphatic heterocycles. The maximum Gasteiger partial charge on any atom is 0.238 e. The predicted molar refractivity (Wildman–Crippen MR) is 134 cm³/mol. The number of hydrogen-bond acceptors (Lipinski definition) is 4. The normalized spacial score (nSPS) is 15.2. The van der Waals surface area contributed by atoms with Gasteiger partial charge in [0.05, 0.1) is 19.3 Å². The van der Waals surface area contributed by atoms with Crippen molar-refractivity contribution < 1.29 is 14.3 Å². The zero-order valence-electron chi connectivity index (χ0n) is 20.2. The predicted octanol–water partition coefficient (Wildman–Crippen LogP) is 5.63. The number of benzene rings is 2. The fraction of sp³-hybridized carbons (Fsp3) is 0.481. The van der Waals surface area contributed by atoms with Gasteiger partial charge < -0.3 is 20.7 Å². The van der Waals surface area contributed by atoms with Crippen molar-refractivity contribution in [3.63, 3.8) is 0 Å². The maximum atomic E-state index is 12.7. The van der Waals surface area contributed by atoms with Gasteiger partial charge in [0.25, 0.3) is 0 Å². The number of rotatable bonds is 9. The van der Waals surface area contributed by atoms with E-state index in [1.807, 2.05) is 0 Å². The Bertz CT molecular complexity index is 934. The van der Waals surface area contributed by atoms with Crippen LogP contribution in [0.5, 0.6) is 5.75 Å². The molecule has 0 saturated heterocycles. The van der Waals surface area contributed by atoms with Crippen molar-refractivity contribution >= 4 is 23.2 Å². The second-order valence-electron chi connectivity index (χ2n) is 9.25. The largest absolute Gasteiger partial charge is 0.495 e. The Morgan fingerprint density at radius 3 is 2.30 bits per heavy atom. The summed E-state index contributed by atoms with van der Waals surface area (Å²) in [7, 11) is 1.55. The standard InChI is InChI=1S/C27H37N3O3/c1-18(2)27(22-12-10-21(11-13-22)20-8-6-5-7-9-20)28-17-26(32)30-24-16-23(29-19(3)31)14-15-25(24)33-4/h10-16,18,20,27-28H,5-9,17H2,1-4H3,(H,29,31)(H,30,32). The Morgan fingerprint density at radius 2 is 1.70 bits per heavy atom. The van der Waals surface area contributed by atoms with Crippen LogP contribution < -0.4 is 20.7 Å². The van der Waals surface area contributed by atoms with Crippen LogP contribution in [-0.4, -0.2) is 25.5 Å². The van der Waals surface area contributed by atoms with Crippen molar-refractivity contribution in [3.8, 4) is 5.75 Å². The Labute approximate surface area is 197 Å². The van der Waals surface area contributed by atoms with E-state index in [-0.39, 0.29) is 24.4 Å². The van der Waals surface area contributed by atoms with Gasteiger partial charge in [0.15, 0.2) is 0 Å². The van der Waals surface area contributed by atoms with Crippen LogP contribution in [0.1, 0.15) is 76.0 Å². The van der Waals surface area contributed by atoms with Crippen LogP contribution in [0.25, 0.3) is 0 Å². The maximum absolute atomic E-state index is 12.7. The van der Waals surface area contributed by atoms with Gasteiger partial charge in [0, 0.05) is 18.7 Å². The molecule has 1 fully saturated rings. The first-order chi connectivity index (χ1) is 15.9. The first-order valence-corrected chi connectivity index (χ1v) is 12.0. The van der Waals surface area contributed by atoms with Crippen molar-refractivity contribution in [2.45, 2.75) is 64.8 Å². The van der Waals surface area contributed by atoms with Crippen molar-refractivity contribution in [1.82, 2.24) is 5.32 Å². The fourth-order valence-corrected chi connectivity index (χ4v) is 4.63. The first-order valence-electron chi connectivity index (χ1n) is 12.0. The van der Waals surface area contributed by atoms with Crippen molar-refractivity contribution in [2.24, 2.45) is 5.92 Å². The molecule has 0 aromatic heterocycles. The second-order valence-corrected chi connectivity index (χ2v) is 9.25. The van der Waals surface area contributed by atoms with Gasteiger partial charge in [-0.3, -0.25) is 9.59 Å². The van der Waals surface area contributed by atoms with Crippen LogP contribution in [0.4, 0.5) is 11.4 Å². The van der Waals surface area contributed by atoms with E-state index in [0.717, 1.165) is 0 Å². The first kappa shape index (κ1) is 24.8. The second kappa shape index (κ2) is 11.8. The number of ether oxygens (including phenoxy) is 1. The van der Waals surface area contributed by atoms with Gasteiger partial charge in [-0.25, -0.2) is 0 Å². The van der Waals surface area contributed by atoms with E-state index in [0.29, 0.717) is 29.0 Å². The molecule has 0 radical (unpaired) electrons. The van der Waals surface area contributed by atoms with Gasteiger partial charge in [0.1, 0.15) is 5.75 Å². The summed E-state index contributed by atoms with van der Waals surface area (Å²) < 4.78 is 5.35. The minimum Gasteiger partial charge on any atom is -0.495 e. The SMILES string of the molecule is COc1ccc(NC(C)=O)cc1NC(=O)CNC(c1ccc(C2CCCCC2)cc1)C(C)C. The average molecular weight is 452 g/mol. The van der Waals surface area contributed by atoms with Crippen LogP contribution >= 0.6 is 0 Å². The third-order valence-corrected chi connectivity index (χ3v) is 6.32. The van der Waals surface area contributed by atoms with E-state index in [1.54, 1.807) is 25.3 Å². The lowest BCUT2D eigenvalue weighted by Crippen LogP contribution is -2.33. The minimum absolute atomic E-state index is 0.0729. The highest BCUT2D eigenvalue weighted by molar-refractivity contribution is 5.95. The summed E-state index contributed by atoms with van der Waals surface area (Å²) >= 11 is 0. The highest BCUT2D eigenvalue weighted by Gasteiger charge is 2.19. The molecule has 6 nitrogen and oxygen atoms in total. The lowest BCUT2D eigenvalue weighted by molar-refractivity contribution is -0.116. The number of nitrogens with one attached hydrogen (secondary N) is 3. The van der Waals surface area contributed by atoms with E-state index >= 15 is 0 Å². The fourth-order valence-electron chi connectivity index (χ4n) is 4.63. The summed E-state index contributed by atoms with van der Waals surface area (Å²) in [5.74, 6) is 1.21. The lowest BCUT2D eigenvalue weighted by Gasteiger charge is -2.25.